The summed E-state index contributed by atoms with van der Waals surface area (Å²) in [4.78, 5) is 21.6. The Hall–Kier alpha value is 0.344. The van der Waals surface area contributed by atoms with E-state index in [1.807, 2.05) is 0 Å². The molecule has 0 saturated carbocycles. The van der Waals surface area contributed by atoms with Crippen LogP contribution in [-0.4, -0.2) is 14.7 Å². The molecule has 0 bridgehead atoms. The van der Waals surface area contributed by atoms with Crippen molar-refractivity contribution in [2.24, 2.45) is 0 Å². The topological polar surface area (TPSA) is 182 Å². The van der Waals surface area contributed by atoms with E-state index < -0.39 is 26.9 Å². The summed E-state index contributed by atoms with van der Waals surface area (Å²) < 4.78 is 25.9. The van der Waals surface area contributed by atoms with Gasteiger partial charge in [-0.3, -0.25) is 0 Å². The molecule has 0 aromatic rings. The van der Waals surface area contributed by atoms with Gasteiger partial charge in [0.2, 0.25) is 0 Å². The molecular formula is H9N2O6PTi. The number of hydrogen-bond donors (Lipinski definition) is 5. The monoisotopic (exact) mass is 212 g/mol. The van der Waals surface area contributed by atoms with Crippen molar-refractivity contribution < 1.29 is 45.0 Å². The van der Waals surface area contributed by atoms with E-state index >= 15 is 0 Å². The van der Waals surface area contributed by atoms with E-state index in [4.69, 9.17) is 25.9 Å². The van der Waals surface area contributed by atoms with E-state index in [-0.39, 0.29) is 12.3 Å². The van der Waals surface area contributed by atoms with Gasteiger partial charge >= 0.3 is 33.6 Å². The van der Waals surface area contributed by atoms with Crippen LogP contribution in [0, 0.1) is 0 Å². The Morgan fingerprint density at radius 1 is 1.00 bits per heavy atom. The third-order valence-electron chi connectivity index (χ3n) is 0. The third kappa shape index (κ3) is 3800. The summed E-state index contributed by atoms with van der Waals surface area (Å²) >= 11 is -2.00. The molecule has 0 aromatic carbocycles. The first-order valence-corrected chi connectivity index (χ1v) is 4.03. The zero-order valence-corrected chi connectivity index (χ0v) is 7.38. The van der Waals surface area contributed by atoms with Gasteiger partial charge in [0.1, 0.15) is 0 Å². The predicted octanol–water partition coefficient (Wildman–Crippen LogP) is -0.845. The van der Waals surface area contributed by atoms with Gasteiger partial charge in [-0.15, -0.1) is 0 Å². The fourth-order valence-electron chi connectivity index (χ4n) is 0. The van der Waals surface area contributed by atoms with Gasteiger partial charge in [-0.1, -0.05) is 0 Å². The van der Waals surface area contributed by atoms with Crippen molar-refractivity contribution in [3.05, 3.63) is 0 Å². The SMILES string of the molecule is N.N.O=P(O)(O)O.[O]=[Ti]=[O]. The number of phosphoric acid groups is 1. The Kier molecular flexibility index (Phi) is 27.1. The molecule has 0 saturated heterocycles. The minimum absolute atomic E-state index is 0. The first-order chi connectivity index (χ1) is 3.41. The van der Waals surface area contributed by atoms with Gasteiger partial charge in [0.15, 0.2) is 0 Å². The standard InChI is InChI=1S/2H3N.H3O4P.2O.Ti/c;;1-5(2,3)4;;;/h2*1H3;(H3,1,2,3,4);;;. The van der Waals surface area contributed by atoms with E-state index in [9.17, 15) is 0 Å². The molecule has 0 rings (SSSR count). The van der Waals surface area contributed by atoms with Crippen molar-refractivity contribution in [1.82, 2.24) is 12.3 Å². The molecule has 0 amide bonds. The Bertz CT molecular complexity index is 113. The summed E-state index contributed by atoms with van der Waals surface area (Å²) in [6, 6.07) is 0. The zero-order valence-electron chi connectivity index (χ0n) is 4.93. The number of hydrogen-bond acceptors (Lipinski definition) is 5. The first-order valence-electron chi connectivity index (χ1n) is 1.19. The summed E-state index contributed by atoms with van der Waals surface area (Å²) in [5.74, 6) is 0. The Labute approximate surface area is 65.6 Å². The summed E-state index contributed by atoms with van der Waals surface area (Å²) in [5, 5.41) is 0. The molecule has 10 heavy (non-hydrogen) atoms. The van der Waals surface area contributed by atoms with Gasteiger partial charge in [-0.25, -0.2) is 4.57 Å². The van der Waals surface area contributed by atoms with Crippen LogP contribution in [0.2, 0.25) is 0 Å². The van der Waals surface area contributed by atoms with E-state index in [1.54, 1.807) is 0 Å². The van der Waals surface area contributed by atoms with Crippen molar-refractivity contribution in [3.63, 3.8) is 0 Å². The molecule has 0 aliphatic heterocycles. The maximum absolute atomic E-state index is 8.88. The second-order valence-corrected chi connectivity index (χ2v) is 1.88. The van der Waals surface area contributed by atoms with Crippen molar-refractivity contribution in [3.8, 4) is 0 Å². The average molecular weight is 212 g/mol. The molecule has 0 fully saturated rings. The Morgan fingerprint density at radius 3 is 1.00 bits per heavy atom. The van der Waals surface area contributed by atoms with Crippen LogP contribution in [0.4, 0.5) is 0 Å². The normalized spacial score (nSPS) is 6.70. The summed E-state index contributed by atoms with van der Waals surface area (Å²) in [7, 11) is -4.64. The van der Waals surface area contributed by atoms with E-state index in [1.165, 1.54) is 0 Å². The van der Waals surface area contributed by atoms with Gasteiger partial charge in [-0.2, -0.15) is 0 Å². The molecule has 0 aromatic heterocycles. The molecule has 10 heteroatoms. The molecule has 64 valence electrons. The molecule has 0 unspecified atom stereocenters. The zero-order chi connectivity index (χ0) is 7.21. The van der Waals surface area contributed by atoms with Gasteiger partial charge in [-0.05, 0) is 0 Å². The second kappa shape index (κ2) is 12.1. The van der Waals surface area contributed by atoms with E-state index in [0.29, 0.717) is 0 Å². The van der Waals surface area contributed by atoms with Gasteiger partial charge in [0.05, 0.1) is 0 Å². The quantitative estimate of drug-likeness (QED) is 0.254. The van der Waals surface area contributed by atoms with Crippen molar-refractivity contribution in [2.75, 3.05) is 0 Å². The first kappa shape index (κ1) is 22.4. The fraction of sp³-hybridized carbons (Fsp3) is 0. The molecule has 0 heterocycles. The van der Waals surface area contributed by atoms with Crippen molar-refractivity contribution in [1.29, 1.82) is 0 Å². The van der Waals surface area contributed by atoms with Crippen LogP contribution in [0.25, 0.3) is 0 Å². The van der Waals surface area contributed by atoms with Crippen molar-refractivity contribution >= 4 is 7.82 Å². The maximum atomic E-state index is 8.88. The van der Waals surface area contributed by atoms with Gasteiger partial charge < -0.3 is 27.0 Å². The molecule has 0 atom stereocenters. The third-order valence-corrected chi connectivity index (χ3v) is 0. The molecule has 0 aliphatic carbocycles. The van der Waals surface area contributed by atoms with Gasteiger partial charge in [0.25, 0.3) is 0 Å². The molecule has 0 spiro atoms. The van der Waals surface area contributed by atoms with Crippen molar-refractivity contribution in [2.45, 2.75) is 0 Å². The van der Waals surface area contributed by atoms with Gasteiger partial charge in [0, 0.05) is 0 Å². The fourth-order valence-corrected chi connectivity index (χ4v) is 0. The Balaban J connectivity index is -0.0000000326. The van der Waals surface area contributed by atoms with Crippen LogP contribution in [0.15, 0.2) is 0 Å². The molecule has 9 N–H and O–H groups in total. The van der Waals surface area contributed by atoms with E-state index in [2.05, 4.69) is 0 Å². The minimum atomic E-state index is -4.64. The summed E-state index contributed by atoms with van der Waals surface area (Å²) in [5.41, 5.74) is 0. The summed E-state index contributed by atoms with van der Waals surface area (Å²) in [6.07, 6.45) is 0. The van der Waals surface area contributed by atoms with Crippen LogP contribution in [0.1, 0.15) is 0 Å². The number of rotatable bonds is 0. The summed E-state index contributed by atoms with van der Waals surface area (Å²) in [6.45, 7) is 0. The molecule has 0 aliphatic rings. The van der Waals surface area contributed by atoms with E-state index in [0.717, 1.165) is 0 Å². The molecule has 8 nitrogen and oxygen atoms in total. The molecular weight excluding hydrogens is 203 g/mol. The molecule has 0 radical (unpaired) electrons. The predicted molar refractivity (Wildman–Crippen MR) is 25.7 cm³/mol. The van der Waals surface area contributed by atoms with Crippen LogP contribution < -0.4 is 12.3 Å². The second-order valence-electron chi connectivity index (χ2n) is 0.597. The van der Waals surface area contributed by atoms with Crippen LogP contribution in [0.5, 0.6) is 0 Å². The van der Waals surface area contributed by atoms with Crippen LogP contribution in [-0.2, 0) is 30.3 Å². The van der Waals surface area contributed by atoms with Crippen LogP contribution >= 0.6 is 7.82 Å². The Morgan fingerprint density at radius 2 is 1.00 bits per heavy atom. The van der Waals surface area contributed by atoms with Crippen LogP contribution in [0.3, 0.4) is 0 Å². The average Bonchev–Trinajstić information content (AvgIpc) is 1.27.